The van der Waals surface area contributed by atoms with Crippen molar-refractivity contribution in [2.24, 2.45) is 0 Å². The Labute approximate surface area is 116 Å². The van der Waals surface area contributed by atoms with E-state index in [1.165, 1.54) is 18.4 Å². The van der Waals surface area contributed by atoms with Crippen LogP contribution in [0.15, 0.2) is 18.2 Å². The van der Waals surface area contributed by atoms with Crippen molar-refractivity contribution >= 4 is 11.6 Å². The van der Waals surface area contributed by atoms with Crippen molar-refractivity contribution in [1.29, 1.82) is 0 Å². The molecule has 1 aromatic rings. The van der Waals surface area contributed by atoms with Crippen LogP contribution in [0.3, 0.4) is 0 Å². The van der Waals surface area contributed by atoms with Gasteiger partial charge in [-0.2, -0.15) is 0 Å². The number of likely N-dealkylation sites (N-methyl/N-ethyl adjacent to an activating group) is 1. The van der Waals surface area contributed by atoms with Gasteiger partial charge in [-0.3, -0.25) is 0 Å². The van der Waals surface area contributed by atoms with E-state index in [1.54, 1.807) is 7.11 Å². The number of methoxy groups -OCH3 is 1. The number of hydrogen-bond acceptors (Lipinski definition) is 2. The lowest BCUT2D eigenvalue weighted by atomic mass is 10.1. The molecule has 1 aromatic carbocycles. The molecule has 1 atom stereocenters. The van der Waals surface area contributed by atoms with E-state index in [2.05, 4.69) is 31.0 Å². The number of unbranched alkanes of at least 4 members (excludes halogenated alkanes) is 1. The summed E-state index contributed by atoms with van der Waals surface area (Å²) in [6.45, 7) is 6.24. The quantitative estimate of drug-likeness (QED) is 0.694. The number of ether oxygens (including phenoxy) is 1. The fourth-order valence-electron chi connectivity index (χ4n) is 1.99. The first-order chi connectivity index (χ1) is 8.58. The van der Waals surface area contributed by atoms with Crippen LogP contribution in [0.1, 0.15) is 36.3 Å². The topological polar surface area (TPSA) is 12.5 Å². The van der Waals surface area contributed by atoms with Gasteiger partial charge in [-0.1, -0.05) is 25.5 Å². The first-order valence-corrected chi connectivity index (χ1v) is 6.99. The summed E-state index contributed by atoms with van der Waals surface area (Å²) in [4.78, 5) is 2.29. The fraction of sp³-hybridized carbons (Fsp3) is 0.600. The highest BCUT2D eigenvalue weighted by Crippen LogP contribution is 2.26. The Hall–Kier alpha value is -0.730. The zero-order valence-corrected chi connectivity index (χ0v) is 12.6. The van der Waals surface area contributed by atoms with Gasteiger partial charge in [0.2, 0.25) is 0 Å². The zero-order chi connectivity index (χ0) is 13.5. The maximum atomic E-state index is 6.47. The molecule has 0 amide bonds. The molecule has 0 saturated heterocycles. The van der Waals surface area contributed by atoms with E-state index < -0.39 is 0 Å². The predicted octanol–water partition coefficient (Wildman–Crippen LogP) is 4.02. The Bertz CT molecular complexity index is 368. The lowest BCUT2D eigenvalue weighted by Crippen LogP contribution is -2.23. The van der Waals surface area contributed by atoms with Crippen LogP contribution in [0.4, 0.5) is 0 Å². The summed E-state index contributed by atoms with van der Waals surface area (Å²) >= 11 is 6.47. The highest BCUT2D eigenvalue weighted by Gasteiger charge is 2.12. The Morgan fingerprint density at radius 1 is 1.39 bits per heavy atom. The van der Waals surface area contributed by atoms with Gasteiger partial charge in [0.05, 0.1) is 12.5 Å². The summed E-state index contributed by atoms with van der Waals surface area (Å²) in [6.07, 6.45) is 2.45. The molecule has 0 aliphatic rings. The molecule has 0 fully saturated rings. The normalized spacial score (nSPS) is 12.8. The van der Waals surface area contributed by atoms with Crippen molar-refractivity contribution in [2.45, 2.75) is 32.1 Å². The summed E-state index contributed by atoms with van der Waals surface area (Å²) in [6, 6.07) is 6.16. The Balaban J connectivity index is 2.61. The summed E-state index contributed by atoms with van der Waals surface area (Å²) < 4.78 is 5.26. The molecule has 0 aromatic heterocycles. The molecular formula is C15H24ClNO. The smallest absolute Gasteiger partial charge is 0.121 e. The van der Waals surface area contributed by atoms with E-state index in [4.69, 9.17) is 16.3 Å². The molecule has 0 N–H and O–H groups in total. The second kappa shape index (κ2) is 7.65. The molecule has 1 rings (SSSR count). The Morgan fingerprint density at radius 2 is 2.11 bits per heavy atom. The lowest BCUT2D eigenvalue weighted by Gasteiger charge is -2.20. The Morgan fingerprint density at radius 3 is 2.67 bits per heavy atom. The van der Waals surface area contributed by atoms with Gasteiger partial charge in [0.1, 0.15) is 5.75 Å². The number of nitrogens with zero attached hydrogens (tertiary/aromatic N) is 1. The molecular weight excluding hydrogens is 246 g/mol. The van der Waals surface area contributed by atoms with Gasteiger partial charge in [0.15, 0.2) is 0 Å². The van der Waals surface area contributed by atoms with Crippen LogP contribution in [0.2, 0.25) is 0 Å². The molecule has 3 heteroatoms. The van der Waals surface area contributed by atoms with Crippen LogP contribution < -0.4 is 4.74 Å². The van der Waals surface area contributed by atoms with Crippen molar-refractivity contribution in [2.75, 3.05) is 27.2 Å². The van der Waals surface area contributed by atoms with Crippen LogP contribution >= 0.6 is 11.6 Å². The molecule has 0 radical (unpaired) electrons. The fourth-order valence-corrected chi connectivity index (χ4v) is 2.37. The SMILES string of the molecule is CCCCN(C)CC(Cl)c1ccc(OC)c(C)c1. The molecule has 0 aliphatic heterocycles. The van der Waals surface area contributed by atoms with Crippen molar-refractivity contribution in [1.82, 2.24) is 4.90 Å². The summed E-state index contributed by atoms with van der Waals surface area (Å²) in [5, 5.41) is 0.0384. The average Bonchev–Trinajstić information content (AvgIpc) is 2.36. The molecule has 102 valence electrons. The number of alkyl halides is 1. The van der Waals surface area contributed by atoms with Crippen molar-refractivity contribution in [3.05, 3.63) is 29.3 Å². The minimum Gasteiger partial charge on any atom is -0.496 e. The van der Waals surface area contributed by atoms with Crippen LogP contribution in [0.5, 0.6) is 5.75 Å². The number of hydrogen-bond donors (Lipinski definition) is 0. The minimum absolute atomic E-state index is 0.0384. The van der Waals surface area contributed by atoms with Gasteiger partial charge < -0.3 is 9.64 Å². The van der Waals surface area contributed by atoms with Crippen molar-refractivity contribution in [3.8, 4) is 5.75 Å². The van der Waals surface area contributed by atoms with Gasteiger partial charge in [-0.05, 0) is 44.1 Å². The average molecular weight is 270 g/mol. The van der Waals surface area contributed by atoms with Crippen LogP contribution in [-0.2, 0) is 0 Å². The standard InChI is InChI=1S/C15H24ClNO/c1-5-6-9-17(3)11-14(16)13-7-8-15(18-4)12(2)10-13/h7-8,10,14H,5-6,9,11H2,1-4H3. The van der Waals surface area contributed by atoms with E-state index in [0.717, 1.165) is 24.4 Å². The molecule has 0 spiro atoms. The third kappa shape index (κ3) is 4.51. The molecule has 0 bridgehead atoms. The number of rotatable bonds is 7. The van der Waals surface area contributed by atoms with Gasteiger partial charge in [0, 0.05) is 6.54 Å². The van der Waals surface area contributed by atoms with E-state index in [1.807, 2.05) is 13.0 Å². The minimum atomic E-state index is 0.0384. The molecule has 2 nitrogen and oxygen atoms in total. The van der Waals surface area contributed by atoms with E-state index >= 15 is 0 Å². The molecule has 0 aliphatic carbocycles. The second-order valence-electron chi connectivity index (χ2n) is 4.81. The highest BCUT2D eigenvalue weighted by molar-refractivity contribution is 6.21. The van der Waals surface area contributed by atoms with Gasteiger partial charge in [-0.25, -0.2) is 0 Å². The summed E-state index contributed by atoms with van der Waals surface area (Å²) in [5.74, 6) is 0.918. The first kappa shape index (κ1) is 15.3. The summed E-state index contributed by atoms with van der Waals surface area (Å²) in [5.41, 5.74) is 2.30. The third-order valence-electron chi connectivity index (χ3n) is 3.15. The highest BCUT2D eigenvalue weighted by atomic mass is 35.5. The number of aryl methyl sites for hydroxylation is 1. The van der Waals surface area contributed by atoms with E-state index in [0.29, 0.717) is 0 Å². The third-order valence-corrected chi connectivity index (χ3v) is 3.54. The van der Waals surface area contributed by atoms with Crippen molar-refractivity contribution < 1.29 is 4.74 Å². The predicted molar refractivity (Wildman–Crippen MR) is 78.7 cm³/mol. The van der Waals surface area contributed by atoms with Crippen molar-refractivity contribution in [3.63, 3.8) is 0 Å². The largest absolute Gasteiger partial charge is 0.496 e. The maximum Gasteiger partial charge on any atom is 0.121 e. The maximum absolute atomic E-state index is 6.47. The van der Waals surface area contributed by atoms with Gasteiger partial charge in [-0.15, -0.1) is 11.6 Å². The van der Waals surface area contributed by atoms with E-state index in [9.17, 15) is 0 Å². The van der Waals surface area contributed by atoms with Crippen LogP contribution in [0.25, 0.3) is 0 Å². The first-order valence-electron chi connectivity index (χ1n) is 6.55. The van der Waals surface area contributed by atoms with E-state index in [-0.39, 0.29) is 5.38 Å². The van der Waals surface area contributed by atoms with Crippen LogP contribution in [0, 0.1) is 6.92 Å². The van der Waals surface area contributed by atoms with Gasteiger partial charge in [0.25, 0.3) is 0 Å². The van der Waals surface area contributed by atoms with Gasteiger partial charge >= 0.3 is 0 Å². The Kier molecular flexibility index (Phi) is 6.51. The lowest BCUT2D eigenvalue weighted by molar-refractivity contribution is 0.328. The molecule has 0 heterocycles. The molecule has 1 unspecified atom stereocenters. The second-order valence-corrected chi connectivity index (χ2v) is 5.34. The summed E-state index contributed by atoms with van der Waals surface area (Å²) in [7, 11) is 3.82. The molecule has 18 heavy (non-hydrogen) atoms. The van der Waals surface area contributed by atoms with Crippen LogP contribution in [-0.4, -0.2) is 32.1 Å². The number of halogens is 1. The zero-order valence-electron chi connectivity index (χ0n) is 11.9. The number of benzene rings is 1. The monoisotopic (exact) mass is 269 g/mol. The molecule has 0 saturated carbocycles.